The fourth-order valence-corrected chi connectivity index (χ4v) is 3.60. The van der Waals surface area contributed by atoms with Crippen molar-refractivity contribution in [3.63, 3.8) is 0 Å². The van der Waals surface area contributed by atoms with Crippen LogP contribution in [0.4, 0.5) is 5.69 Å². The summed E-state index contributed by atoms with van der Waals surface area (Å²) in [6.07, 6.45) is 6.21. The molecular weight excluding hydrogens is 400 g/mol. The molecule has 0 fully saturated rings. The maximum atomic E-state index is 12.6. The fraction of sp³-hybridized carbons (Fsp3) is 0.259. The van der Waals surface area contributed by atoms with E-state index in [4.69, 9.17) is 0 Å². The number of pyridine rings is 1. The average Bonchev–Trinajstić information content (AvgIpc) is 2.81. The van der Waals surface area contributed by atoms with E-state index in [2.05, 4.69) is 41.5 Å². The molecule has 1 aromatic heterocycles. The van der Waals surface area contributed by atoms with Crippen LogP contribution in [0.5, 0.6) is 0 Å². The minimum Gasteiger partial charge on any atom is -0.329 e. The van der Waals surface area contributed by atoms with Crippen LogP contribution in [0.1, 0.15) is 63.2 Å². The first-order valence-electron chi connectivity index (χ1n) is 10.9. The van der Waals surface area contributed by atoms with Crippen molar-refractivity contribution >= 4 is 23.7 Å². The summed E-state index contributed by atoms with van der Waals surface area (Å²) in [4.78, 5) is 39.8. The number of nitrogens with one attached hydrogen (secondary N) is 1. The van der Waals surface area contributed by atoms with Crippen LogP contribution in [-0.4, -0.2) is 23.0 Å². The molecule has 0 saturated carbocycles. The van der Waals surface area contributed by atoms with Crippen LogP contribution in [0, 0.1) is 6.92 Å². The van der Waals surface area contributed by atoms with Crippen molar-refractivity contribution in [2.45, 2.75) is 45.4 Å². The van der Waals surface area contributed by atoms with Gasteiger partial charge in [-0.05, 0) is 68.0 Å². The molecule has 3 aromatic rings. The maximum Gasteiger partial charge on any atom is 0.211 e. The van der Waals surface area contributed by atoms with Gasteiger partial charge in [-0.25, -0.2) is 0 Å². The highest BCUT2D eigenvalue weighted by molar-refractivity contribution is 6.00. The number of ketones is 2. The predicted molar refractivity (Wildman–Crippen MR) is 126 cm³/mol. The van der Waals surface area contributed by atoms with Crippen molar-refractivity contribution in [3.05, 3.63) is 94.8 Å². The number of amides is 1. The standard InChI is InChI=1S/C27H28N2O3/c1-20-5-4-7-22(17-20)6-2-3-8-27(32)25-18-23(15-16-28-25)26(31)14-11-21-9-12-24(13-10-21)29-19-30/h4-5,7,9-10,12-13,15-19H,2-3,6,8,11,14H2,1H3,(H,29,30). The summed E-state index contributed by atoms with van der Waals surface area (Å²) in [5.74, 6) is -0.0434. The number of hydrogen-bond donors (Lipinski definition) is 1. The van der Waals surface area contributed by atoms with Crippen molar-refractivity contribution in [3.8, 4) is 0 Å². The normalized spacial score (nSPS) is 10.5. The molecule has 164 valence electrons. The second kappa shape index (κ2) is 11.7. The Hall–Kier alpha value is -3.60. The van der Waals surface area contributed by atoms with E-state index >= 15 is 0 Å². The van der Waals surface area contributed by atoms with Crippen LogP contribution in [0.3, 0.4) is 0 Å². The van der Waals surface area contributed by atoms with Gasteiger partial charge >= 0.3 is 0 Å². The van der Waals surface area contributed by atoms with E-state index < -0.39 is 0 Å². The molecule has 0 atom stereocenters. The minimum atomic E-state index is -0.0258. The summed E-state index contributed by atoms with van der Waals surface area (Å²) < 4.78 is 0. The highest BCUT2D eigenvalue weighted by Gasteiger charge is 2.12. The highest BCUT2D eigenvalue weighted by Crippen LogP contribution is 2.15. The number of carbonyl (C=O) groups is 3. The minimum absolute atomic E-state index is 0.0176. The summed E-state index contributed by atoms with van der Waals surface area (Å²) >= 11 is 0. The smallest absolute Gasteiger partial charge is 0.211 e. The molecule has 0 bridgehead atoms. The Labute approximate surface area is 188 Å². The van der Waals surface area contributed by atoms with Crippen molar-refractivity contribution in [2.24, 2.45) is 0 Å². The first-order chi connectivity index (χ1) is 15.5. The first-order valence-corrected chi connectivity index (χ1v) is 10.9. The molecule has 0 saturated heterocycles. The molecule has 2 aromatic carbocycles. The third-order valence-electron chi connectivity index (χ3n) is 5.39. The Bertz CT molecular complexity index is 1070. The monoisotopic (exact) mass is 428 g/mol. The third kappa shape index (κ3) is 6.98. The lowest BCUT2D eigenvalue weighted by molar-refractivity contribution is -0.105. The molecule has 5 nitrogen and oxygen atoms in total. The summed E-state index contributed by atoms with van der Waals surface area (Å²) in [5, 5.41) is 2.58. The molecule has 32 heavy (non-hydrogen) atoms. The van der Waals surface area contributed by atoms with Crippen molar-refractivity contribution < 1.29 is 14.4 Å². The molecule has 0 radical (unpaired) electrons. The molecule has 3 rings (SSSR count). The topological polar surface area (TPSA) is 76.1 Å². The van der Waals surface area contributed by atoms with Crippen LogP contribution < -0.4 is 5.32 Å². The van der Waals surface area contributed by atoms with Gasteiger partial charge in [0.1, 0.15) is 5.69 Å². The maximum absolute atomic E-state index is 12.6. The highest BCUT2D eigenvalue weighted by atomic mass is 16.1. The molecule has 0 aliphatic carbocycles. The van der Waals surface area contributed by atoms with Gasteiger partial charge in [-0.1, -0.05) is 42.0 Å². The molecule has 1 heterocycles. The molecular formula is C27H28N2O3. The number of hydrogen-bond acceptors (Lipinski definition) is 4. The van der Waals surface area contributed by atoms with E-state index in [1.54, 1.807) is 24.3 Å². The summed E-state index contributed by atoms with van der Waals surface area (Å²) in [7, 11) is 0. The largest absolute Gasteiger partial charge is 0.329 e. The van der Waals surface area contributed by atoms with Gasteiger partial charge in [0.05, 0.1) is 0 Å². The number of Topliss-reactive ketones (excluding diaryl/α,β-unsaturated/α-hetero) is 2. The van der Waals surface area contributed by atoms with Gasteiger partial charge in [-0.3, -0.25) is 19.4 Å². The van der Waals surface area contributed by atoms with Crippen molar-refractivity contribution in [2.75, 3.05) is 5.32 Å². The van der Waals surface area contributed by atoms with Gasteiger partial charge in [-0.15, -0.1) is 0 Å². The Kier molecular flexibility index (Phi) is 8.44. The molecule has 0 spiro atoms. The van der Waals surface area contributed by atoms with E-state index in [9.17, 15) is 14.4 Å². The van der Waals surface area contributed by atoms with Gasteiger partial charge in [0, 0.05) is 30.3 Å². The Morgan fingerprint density at radius 3 is 2.44 bits per heavy atom. The Morgan fingerprint density at radius 1 is 0.875 bits per heavy atom. The number of benzene rings is 2. The fourth-order valence-electron chi connectivity index (χ4n) is 3.60. The number of aromatic nitrogens is 1. The Balaban J connectivity index is 1.48. The van der Waals surface area contributed by atoms with E-state index in [0.717, 1.165) is 24.8 Å². The summed E-state index contributed by atoms with van der Waals surface area (Å²) in [6, 6.07) is 19.1. The number of aryl methyl sites for hydroxylation is 3. The van der Waals surface area contributed by atoms with Gasteiger partial charge in [-0.2, -0.15) is 0 Å². The van der Waals surface area contributed by atoms with Crippen LogP contribution in [-0.2, 0) is 17.6 Å². The molecule has 0 aliphatic heterocycles. The number of rotatable bonds is 12. The first kappa shape index (κ1) is 23.1. The van der Waals surface area contributed by atoms with Gasteiger partial charge in [0.25, 0.3) is 0 Å². The quantitative estimate of drug-likeness (QED) is 0.239. The average molecular weight is 429 g/mol. The van der Waals surface area contributed by atoms with Crippen molar-refractivity contribution in [1.82, 2.24) is 4.98 Å². The zero-order valence-corrected chi connectivity index (χ0v) is 18.3. The van der Waals surface area contributed by atoms with E-state index in [1.165, 1.54) is 17.3 Å². The lowest BCUT2D eigenvalue weighted by atomic mass is 10.0. The van der Waals surface area contributed by atoms with E-state index in [0.29, 0.717) is 42.6 Å². The molecule has 0 aliphatic rings. The van der Waals surface area contributed by atoms with E-state index in [-0.39, 0.29) is 11.6 Å². The lowest BCUT2D eigenvalue weighted by Gasteiger charge is -2.06. The Morgan fingerprint density at radius 2 is 1.69 bits per heavy atom. The van der Waals surface area contributed by atoms with Gasteiger partial charge < -0.3 is 5.32 Å². The predicted octanol–water partition coefficient (Wildman–Crippen LogP) is 5.37. The van der Waals surface area contributed by atoms with Crippen LogP contribution in [0.15, 0.2) is 66.9 Å². The SMILES string of the molecule is Cc1cccc(CCCCC(=O)c2cc(C(=O)CCc3ccc(NC=O)cc3)ccn2)c1. The summed E-state index contributed by atoms with van der Waals surface area (Å²) in [5.41, 5.74) is 5.13. The second-order valence-corrected chi connectivity index (χ2v) is 7.93. The number of anilines is 1. The van der Waals surface area contributed by atoms with Gasteiger partial charge in [0.15, 0.2) is 11.6 Å². The van der Waals surface area contributed by atoms with Crippen LogP contribution in [0.25, 0.3) is 0 Å². The second-order valence-electron chi connectivity index (χ2n) is 7.93. The van der Waals surface area contributed by atoms with Crippen LogP contribution in [0.2, 0.25) is 0 Å². The number of nitrogens with zero attached hydrogens (tertiary/aromatic N) is 1. The summed E-state index contributed by atoms with van der Waals surface area (Å²) in [6.45, 7) is 2.08. The number of carbonyl (C=O) groups excluding carboxylic acids is 3. The molecule has 1 N–H and O–H groups in total. The number of unbranched alkanes of at least 4 members (excludes halogenated alkanes) is 1. The van der Waals surface area contributed by atoms with Crippen molar-refractivity contribution in [1.29, 1.82) is 0 Å². The lowest BCUT2D eigenvalue weighted by Crippen LogP contribution is -2.07. The molecule has 1 amide bonds. The molecule has 5 heteroatoms. The van der Waals surface area contributed by atoms with E-state index in [1.807, 2.05) is 12.1 Å². The zero-order valence-electron chi connectivity index (χ0n) is 18.3. The van der Waals surface area contributed by atoms with Crippen LogP contribution >= 0.6 is 0 Å². The van der Waals surface area contributed by atoms with Gasteiger partial charge in [0.2, 0.25) is 6.41 Å². The third-order valence-corrected chi connectivity index (χ3v) is 5.39. The molecule has 0 unspecified atom stereocenters. The zero-order chi connectivity index (χ0) is 22.8.